The van der Waals surface area contributed by atoms with E-state index in [9.17, 15) is 9.90 Å². The Morgan fingerprint density at radius 1 is 1.05 bits per heavy atom. The molecule has 0 aliphatic carbocycles. The van der Waals surface area contributed by atoms with Crippen molar-refractivity contribution in [3.8, 4) is 0 Å². The lowest BCUT2D eigenvalue weighted by Crippen LogP contribution is -2.40. The zero-order chi connectivity index (χ0) is 29.2. The lowest BCUT2D eigenvalue weighted by Gasteiger charge is -2.32. The minimum atomic E-state index is -0.648. The second-order valence-electron chi connectivity index (χ2n) is 11.0. The molecule has 3 aromatic heterocycles. The maximum Gasteiger partial charge on any atom is 0.253 e. The van der Waals surface area contributed by atoms with E-state index in [2.05, 4.69) is 37.1 Å². The molecule has 220 valence electrons. The molecule has 1 atom stereocenters. The molecule has 0 spiro atoms. The molecule has 4 aromatic rings. The smallest absolute Gasteiger partial charge is 0.253 e. The van der Waals surface area contributed by atoms with Crippen LogP contribution in [0.15, 0.2) is 43.1 Å². The number of benzene rings is 1. The summed E-state index contributed by atoms with van der Waals surface area (Å²) in [4.78, 5) is 34.3. The fourth-order valence-electron chi connectivity index (χ4n) is 5.91. The number of aliphatic hydroxyl groups is 1. The molecule has 2 saturated heterocycles. The number of aryl methyl sites for hydroxylation is 1. The number of rotatable bonds is 7. The van der Waals surface area contributed by atoms with Gasteiger partial charge in [0.25, 0.3) is 5.91 Å². The van der Waals surface area contributed by atoms with Gasteiger partial charge in [-0.05, 0) is 61.8 Å². The number of hydrogen-bond acceptors (Lipinski definition) is 8. The highest BCUT2D eigenvalue weighted by molar-refractivity contribution is 5.95. The fraction of sp³-hybridized carbons (Fsp3) is 0.433. The summed E-state index contributed by atoms with van der Waals surface area (Å²) in [5.74, 6) is -0.535. The van der Waals surface area contributed by atoms with Gasteiger partial charge < -0.3 is 24.8 Å². The van der Waals surface area contributed by atoms with E-state index in [4.69, 9.17) is 0 Å². The van der Waals surface area contributed by atoms with Crippen LogP contribution in [0.1, 0.15) is 54.6 Å². The first kappa shape index (κ1) is 28.0. The predicted molar refractivity (Wildman–Crippen MR) is 155 cm³/mol. The second-order valence-corrected chi connectivity index (χ2v) is 11.0. The van der Waals surface area contributed by atoms with Gasteiger partial charge in [0.05, 0.1) is 11.1 Å². The number of hydrogen-bond donors (Lipinski definition) is 2. The van der Waals surface area contributed by atoms with E-state index in [0.717, 1.165) is 50.8 Å². The fourth-order valence-corrected chi connectivity index (χ4v) is 5.91. The molecular weight excluding hydrogens is 542 g/mol. The number of carbonyl (C=O) groups excluding carboxylic acids is 1. The van der Waals surface area contributed by atoms with Gasteiger partial charge in [-0.1, -0.05) is 6.92 Å². The quantitative estimate of drug-likeness (QED) is 0.331. The monoisotopic (exact) mass is 576 g/mol. The number of likely N-dealkylation sites (tertiary alicyclic amines) is 1. The predicted octanol–water partition coefficient (Wildman–Crippen LogP) is 4.49. The summed E-state index contributed by atoms with van der Waals surface area (Å²) in [6, 6.07) is 4.21. The first-order valence-electron chi connectivity index (χ1n) is 14.5. The number of piperidine rings is 2. The van der Waals surface area contributed by atoms with E-state index in [1.807, 2.05) is 17.0 Å². The van der Waals surface area contributed by atoms with Crippen LogP contribution < -0.4 is 10.2 Å². The lowest BCUT2D eigenvalue weighted by molar-refractivity contribution is 0.0620. The average Bonchev–Trinajstić information content (AvgIpc) is 3.38. The van der Waals surface area contributed by atoms with E-state index in [1.165, 1.54) is 24.7 Å². The number of halogens is 2. The number of fused-ring (bicyclic) bond motifs is 1. The molecule has 1 aromatic carbocycles. The largest absolute Gasteiger partial charge is 0.396 e. The van der Waals surface area contributed by atoms with E-state index in [1.54, 1.807) is 11.0 Å². The van der Waals surface area contributed by atoms with Crippen molar-refractivity contribution in [3.63, 3.8) is 0 Å². The summed E-state index contributed by atoms with van der Waals surface area (Å²) >= 11 is 0. The lowest BCUT2D eigenvalue weighted by atomic mass is 9.98. The van der Waals surface area contributed by atoms with Crippen molar-refractivity contribution in [2.75, 3.05) is 43.0 Å². The minimum absolute atomic E-state index is 0.0214. The van der Waals surface area contributed by atoms with Crippen LogP contribution in [-0.2, 0) is 6.42 Å². The first-order valence-corrected chi connectivity index (χ1v) is 14.5. The summed E-state index contributed by atoms with van der Waals surface area (Å²) in [7, 11) is 0. The topological polar surface area (TPSA) is 112 Å². The molecule has 0 radical (unpaired) electrons. The third-order valence-electron chi connectivity index (χ3n) is 8.34. The van der Waals surface area contributed by atoms with Crippen LogP contribution in [0.3, 0.4) is 0 Å². The first-order chi connectivity index (χ1) is 20.4. The number of aromatic nitrogens is 5. The van der Waals surface area contributed by atoms with Gasteiger partial charge in [-0.3, -0.25) is 4.79 Å². The third kappa shape index (κ3) is 5.50. The van der Waals surface area contributed by atoms with Crippen molar-refractivity contribution in [1.29, 1.82) is 0 Å². The maximum atomic E-state index is 15.3. The summed E-state index contributed by atoms with van der Waals surface area (Å²) in [5.41, 5.74) is 1.82. The van der Waals surface area contributed by atoms with E-state index >= 15 is 8.78 Å². The number of anilines is 3. The molecule has 12 heteroatoms. The zero-order valence-corrected chi connectivity index (χ0v) is 23.5. The molecule has 2 fully saturated rings. The van der Waals surface area contributed by atoms with Crippen LogP contribution in [-0.4, -0.2) is 73.2 Å². The molecule has 0 saturated carbocycles. The highest BCUT2D eigenvalue weighted by atomic mass is 19.1. The Hall–Kier alpha value is -4.19. The molecule has 6 rings (SSSR count). The van der Waals surface area contributed by atoms with Crippen LogP contribution in [0.25, 0.3) is 11.0 Å². The number of aliphatic hydroxyl groups excluding tert-OH is 1. The van der Waals surface area contributed by atoms with Gasteiger partial charge in [-0.2, -0.15) is 0 Å². The van der Waals surface area contributed by atoms with Gasteiger partial charge in [0.2, 0.25) is 5.95 Å². The third-order valence-corrected chi connectivity index (χ3v) is 8.34. The number of carbonyl (C=O) groups is 1. The summed E-state index contributed by atoms with van der Waals surface area (Å²) < 4.78 is 32.4. The van der Waals surface area contributed by atoms with Crippen molar-refractivity contribution < 1.29 is 18.7 Å². The van der Waals surface area contributed by atoms with Crippen molar-refractivity contribution in [1.82, 2.24) is 29.4 Å². The van der Waals surface area contributed by atoms with Gasteiger partial charge in [0.15, 0.2) is 5.82 Å². The standard InChI is InChI=1S/C30H34F2N8O2/c1-2-19-13-33-30(34-14-19)38-10-7-22(8-11-38)40-16-24(32)26-27(35-18-36-28(26)40)37-25-6-5-21(12-23(25)31)29(42)39-9-3-4-20(15-39)17-41/h5-6,12-14,16,18,20,22,41H,2-4,7-11,15,17H2,1H3,(H,35,36,37)/t20-/m0/s1. The molecule has 2 aliphatic rings. The Kier molecular flexibility index (Phi) is 7.96. The van der Waals surface area contributed by atoms with Crippen molar-refractivity contribution >= 4 is 34.4 Å². The maximum absolute atomic E-state index is 15.3. The van der Waals surface area contributed by atoms with E-state index < -0.39 is 11.6 Å². The molecule has 2 aliphatic heterocycles. The summed E-state index contributed by atoms with van der Waals surface area (Å²) in [6.45, 7) is 4.56. The molecule has 1 amide bonds. The molecule has 42 heavy (non-hydrogen) atoms. The van der Waals surface area contributed by atoms with Gasteiger partial charge in [-0.15, -0.1) is 0 Å². The number of nitrogens with one attached hydrogen (secondary N) is 1. The van der Waals surface area contributed by atoms with Crippen LogP contribution in [0.4, 0.5) is 26.2 Å². The molecule has 10 nitrogen and oxygen atoms in total. The van der Waals surface area contributed by atoms with Crippen molar-refractivity contribution in [3.05, 3.63) is 65.9 Å². The molecule has 2 N–H and O–H groups in total. The molecule has 0 bridgehead atoms. The van der Waals surface area contributed by atoms with E-state index in [-0.39, 0.29) is 46.9 Å². The minimum Gasteiger partial charge on any atom is -0.396 e. The Morgan fingerprint density at radius 3 is 2.55 bits per heavy atom. The van der Waals surface area contributed by atoms with Crippen LogP contribution in [0, 0.1) is 17.6 Å². The van der Waals surface area contributed by atoms with E-state index in [0.29, 0.717) is 24.7 Å². The Balaban J connectivity index is 1.17. The molecule has 5 heterocycles. The Morgan fingerprint density at radius 2 is 1.83 bits per heavy atom. The van der Waals surface area contributed by atoms with Crippen molar-refractivity contribution in [2.24, 2.45) is 5.92 Å². The highest BCUT2D eigenvalue weighted by Gasteiger charge is 2.27. The van der Waals surface area contributed by atoms with Crippen LogP contribution in [0.2, 0.25) is 0 Å². The van der Waals surface area contributed by atoms with Gasteiger partial charge in [0.1, 0.15) is 23.6 Å². The number of amides is 1. The average molecular weight is 577 g/mol. The SMILES string of the molecule is CCc1cnc(N2CCC(n3cc(F)c4c(Nc5ccc(C(=O)N6CCC[C@H](CO)C6)cc5F)ncnc43)CC2)nc1. The van der Waals surface area contributed by atoms with Gasteiger partial charge >= 0.3 is 0 Å². The van der Waals surface area contributed by atoms with Crippen molar-refractivity contribution in [2.45, 2.75) is 45.1 Å². The normalized spacial score (nSPS) is 18.0. The Labute approximate surface area is 242 Å². The van der Waals surface area contributed by atoms with Crippen LogP contribution in [0.5, 0.6) is 0 Å². The van der Waals surface area contributed by atoms with Gasteiger partial charge in [-0.25, -0.2) is 28.7 Å². The molecular formula is C30H34F2N8O2. The number of nitrogens with zero attached hydrogens (tertiary/aromatic N) is 7. The van der Waals surface area contributed by atoms with Crippen LogP contribution >= 0.6 is 0 Å². The Bertz CT molecular complexity index is 1570. The summed E-state index contributed by atoms with van der Waals surface area (Å²) in [6.07, 6.45) is 10.5. The molecule has 0 unspecified atom stereocenters. The summed E-state index contributed by atoms with van der Waals surface area (Å²) in [5, 5.41) is 12.6. The highest BCUT2D eigenvalue weighted by Crippen LogP contribution is 2.33. The zero-order valence-electron chi connectivity index (χ0n) is 23.5. The van der Waals surface area contributed by atoms with Gasteiger partial charge in [0, 0.05) is 63.0 Å². The second kappa shape index (κ2) is 12.0.